The molecular formula is C8H18N2O5S. The minimum absolute atomic E-state index is 0.0253. The molecule has 0 aromatic carbocycles. The van der Waals surface area contributed by atoms with Crippen molar-refractivity contribution in [1.82, 2.24) is 9.03 Å². The van der Waals surface area contributed by atoms with Crippen LogP contribution >= 0.6 is 0 Å². The Morgan fingerprint density at radius 3 is 2.50 bits per heavy atom. The van der Waals surface area contributed by atoms with Gasteiger partial charge in [0.2, 0.25) is 0 Å². The summed E-state index contributed by atoms with van der Waals surface area (Å²) in [7, 11) is -2.04. The fourth-order valence-corrected chi connectivity index (χ4v) is 1.88. The molecule has 0 fully saturated rings. The van der Waals surface area contributed by atoms with Gasteiger partial charge >= 0.3 is 5.97 Å². The van der Waals surface area contributed by atoms with Crippen LogP contribution in [0.4, 0.5) is 0 Å². The first kappa shape index (κ1) is 15.3. The lowest BCUT2D eigenvalue weighted by atomic mass is 10.4. The lowest BCUT2D eigenvalue weighted by Crippen LogP contribution is -2.43. The summed E-state index contributed by atoms with van der Waals surface area (Å²) in [5, 5.41) is 8.26. The Labute approximate surface area is 95.6 Å². The van der Waals surface area contributed by atoms with Crippen LogP contribution in [-0.4, -0.2) is 56.6 Å². The first-order chi connectivity index (χ1) is 7.27. The molecule has 0 spiro atoms. The van der Waals surface area contributed by atoms with Crippen LogP contribution in [0.3, 0.4) is 0 Å². The number of carboxylic acid groups (broad SMARTS) is 1. The number of aliphatic carboxylic acids is 1. The number of rotatable bonds is 8. The highest BCUT2D eigenvalue weighted by molar-refractivity contribution is 7.87. The number of hydrogen-bond acceptors (Lipinski definition) is 4. The van der Waals surface area contributed by atoms with E-state index in [1.807, 2.05) is 0 Å². The largest absolute Gasteiger partial charge is 0.480 e. The summed E-state index contributed by atoms with van der Waals surface area (Å²) in [5.74, 6) is -1.08. The average molecular weight is 254 g/mol. The van der Waals surface area contributed by atoms with Crippen LogP contribution in [0.15, 0.2) is 0 Å². The normalized spacial score (nSPS) is 12.3. The lowest BCUT2D eigenvalue weighted by molar-refractivity contribution is -0.142. The van der Waals surface area contributed by atoms with Crippen molar-refractivity contribution in [3.8, 4) is 0 Å². The second-order valence-corrected chi connectivity index (χ2v) is 5.27. The number of nitrogens with one attached hydrogen (secondary N) is 1. The quantitative estimate of drug-likeness (QED) is 0.556. The topological polar surface area (TPSA) is 95.9 Å². The predicted octanol–water partition coefficient (Wildman–Crippen LogP) is -0.738. The standard InChI is InChI=1S/C8H18N2O5S/c1-7(2)10(3)16(13,14)9-4-5-15-6-8(11)12/h7,9H,4-6H2,1-3H3,(H,11,12). The maximum atomic E-state index is 11.5. The van der Waals surface area contributed by atoms with Crippen molar-refractivity contribution in [1.29, 1.82) is 0 Å². The second kappa shape index (κ2) is 6.79. The van der Waals surface area contributed by atoms with Gasteiger partial charge in [-0.25, -0.2) is 4.79 Å². The van der Waals surface area contributed by atoms with Crippen LogP contribution in [0.25, 0.3) is 0 Å². The van der Waals surface area contributed by atoms with E-state index in [-0.39, 0.29) is 19.2 Å². The highest BCUT2D eigenvalue weighted by atomic mass is 32.2. The van der Waals surface area contributed by atoms with E-state index in [0.717, 1.165) is 0 Å². The Morgan fingerprint density at radius 2 is 2.06 bits per heavy atom. The van der Waals surface area contributed by atoms with E-state index in [0.29, 0.717) is 0 Å². The van der Waals surface area contributed by atoms with E-state index in [4.69, 9.17) is 5.11 Å². The smallest absolute Gasteiger partial charge is 0.329 e. The molecule has 0 saturated carbocycles. The van der Waals surface area contributed by atoms with Crippen molar-refractivity contribution in [2.24, 2.45) is 0 Å². The van der Waals surface area contributed by atoms with Crippen molar-refractivity contribution in [2.45, 2.75) is 19.9 Å². The Morgan fingerprint density at radius 1 is 1.50 bits per heavy atom. The van der Waals surface area contributed by atoms with Gasteiger partial charge in [-0.15, -0.1) is 0 Å². The number of carbonyl (C=O) groups is 1. The third-order valence-corrected chi connectivity index (χ3v) is 3.61. The summed E-state index contributed by atoms with van der Waals surface area (Å²) >= 11 is 0. The summed E-state index contributed by atoms with van der Waals surface area (Å²) in [6, 6.07) is -0.141. The molecule has 0 aromatic heterocycles. The Kier molecular flexibility index (Phi) is 6.49. The SMILES string of the molecule is CC(C)N(C)S(=O)(=O)NCCOCC(=O)O. The number of nitrogens with zero attached hydrogens (tertiary/aromatic N) is 1. The van der Waals surface area contributed by atoms with Crippen molar-refractivity contribution in [3.05, 3.63) is 0 Å². The first-order valence-electron chi connectivity index (χ1n) is 4.79. The van der Waals surface area contributed by atoms with Crippen LogP contribution in [0.5, 0.6) is 0 Å². The molecule has 16 heavy (non-hydrogen) atoms. The summed E-state index contributed by atoms with van der Waals surface area (Å²) in [6.07, 6.45) is 0. The van der Waals surface area contributed by atoms with E-state index in [2.05, 4.69) is 9.46 Å². The summed E-state index contributed by atoms with van der Waals surface area (Å²) in [4.78, 5) is 10.1. The van der Waals surface area contributed by atoms with Crippen LogP contribution < -0.4 is 4.72 Å². The molecular weight excluding hydrogens is 236 g/mol. The summed E-state index contributed by atoms with van der Waals surface area (Å²) in [6.45, 7) is 3.15. The van der Waals surface area contributed by atoms with Crippen LogP contribution in [0, 0.1) is 0 Å². The molecule has 0 saturated heterocycles. The van der Waals surface area contributed by atoms with Gasteiger partial charge in [0.15, 0.2) is 0 Å². The Balaban J connectivity index is 3.88. The van der Waals surface area contributed by atoms with Gasteiger partial charge in [-0.2, -0.15) is 17.4 Å². The van der Waals surface area contributed by atoms with Gasteiger partial charge in [0.1, 0.15) is 6.61 Å². The van der Waals surface area contributed by atoms with Crippen molar-refractivity contribution >= 4 is 16.2 Å². The van der Waals surface area contributed by atoms with Gasteiger partial charge in [0.05, 0.1) is 6.61 Å². The molecule has 0 unspecified atom stereocenters. The summed E-state index contributed by atoms with van der Waals surface area (Å²) < 4.78 is 31.2. The second-order valence-electron chi connectivity index (χ2n) is 3.46. The minimum atomic E-state index is -3.50. The number of hydrogen-bond donors (Lipinski definition) is 2. The van der Waals surface area contributed by atoms with Gasteiger partial charge in [-0.3, -0.25) is 0 Å². The number of ether oxygens (including phenoxy) is 1. The molecule has 7 nitrogen and oxygen atoms in total. The zero-order valence-corrected chi connectivity index (χ0v) is 10.5. The van der Waals surface area contributed by atoms with Gasteiger partial charge in [0, 0.05) is 19.6 Å². The highest BCUT2D eigenvalue weighted by Crippen LogP contribution is 1.99. The van der Waals surface area contributed by atoms with Crippen molar-refractivity contribution < 1.29 is 23.1 Å². The maximum absolute atomic E-state index is 11.5. The molecule has 8 heteroatoms. The molecule has 0 bridgehead atoms. The monoisotopic (exact) mass is 254 g/mol. The molecule has 0 rings (SSSR count). The molecule has 0 aromatic rings. The van der Waals surface area contributed by atoms with Gasteiger partial charge in [-0.1, -0.05) is 0 Å². The fraction of sp³-hybridized carbons (Fsp3) is 0.875. The predicted molar refractivity (Wildman–Crippen MR) is 58.3 cm³/mol. The van der Waals surface area contributed by atoms with Crippen molar-refractivity contribution in [2.75, 3.05) is 26.8 Å². The molecule has 0 heterocycles. The number of carboxylic acids is 1. The Bertz CT molecular complexity index is 314. The zero-order chi connectivity index (χ0) is 12.8. The van der Waals surface area contributed by atoms with E-state index in [9.17, 15) is 13.2 Å². The van der Waals surface area contributed by atoms with E-state index in [1.165, 1.54) is 11.4 Å². The third-order valence-electron chi connectivity index (χ3n) is 1.86. The minimum Gasteiger partial charge on any atom is -0.480 e. The summed E-state index contributed by atoms with van der Waals surface area (Å²) in [5.41, 5.74) is 0. The maximum Gasteiger partial charge on any atom is 0.329 e. The average Bonchev–Trinajstić information content (AvgIpc) is 2.15. The fourth-order valence-electron chi connectivity index (χ4n) is 0.782. The van der Waals surface area contributed by atoms with Crippen LogP contribution in [0.1, 0.15) is 13.8 Å². The molecule has 0 amide bonds. The first-order valence-corrected chi connectivity index (χ1v) is 6.23. The van der Waals surface area contributed by atoms with Crippen molar-refractivity contribution in [3.63, 3.8) is 0 Å². The van der Waals surface area contributed by atoms with E-state index >= 15 is 0 Å². The van der Waals surface area contributed by atoms with Gasteiger partial charge in [-0.05, 0) is 13.8 Å². The van der Waals surface area contributed by atoms with Gasteiger partial charge < -0.3 is 9.84 Å². The molecule has 2 N–H and O–H groups in total. The third kappa shape index (κ3) is 6.01. The highest BCUT2D eigenvalue weighted by Gasteiger charge is 2.19. The van der Waals surface area contributed by atoms with E-state index < -0.39 is 22.8 Å². The Hall–Kier alpha value is -0.700. The van der Waals surface area contributed by atoms with Crippen LogP contribution in [-0.2, 0) is 19.7 Å². The molecule has 96 valence electrons. The van der Waals surface area contributed by atoms with E-state index in [1.54, 1.807) is 13.8 Å². The molecule has 0 aliphatic rings. The molecule has 0 radical (unpaired) electrons. The lowest BCUT2D eigenvalue weighted by Gasteiger charge is -2.21. The van der Waals surface area contributed by atoms with Crippen LogP contribution in [0.2, 0.25) is 0 Å². The molecule has 0 aliphatic heterocycles. The molecule has 0 atom stereocenters. The van der Waals surface area contributed by atoms with Gasteiger partial charge in [0.25, 0.3) is 10.2 Å². The zero-order valence-electron chi connectivity index (χ0n) is 9.63. The molecule has 0 aliphatic carbocycles.